The van der Waals surface area contributed by atoms with Crippen molar-refractivity contribution >= 4 is 17.7 Å². The molecule has 128 valence electrons. The second-order valence-electron chi connectivity index (χ2n) is 6.80. The molecule has 0 spiro atoms. The highest BCUT2D eigenvalue weighted by Crippen LogP contribution is 2.44. The Morgan fingerprint density at radius 2 is 2.00 bits per heavy atom. The average Bonchev–Trinajstić information content (AvgIpc) is 2.95. The van der Waals surface area contributed by atoms with Gasteiger partial charge in [-0.05, 0) is 24.7 Å². The summed E-state index contributed by atoms with van der Waals surface area (Å²) in [4.78, 5) is 38.0. The Kier molecular flexibility index (Phi) is 5.60. The first kappa shape index (κ1) is 17.7. The highest BCUT2D eigenvalue weighted by atomic mass is 16.4. The molecule has 1 saturated heterocycles. The second-order valence-corrected chi connectivity index (χ2v) is 6.80. The van der Waals surface area contributed by atoms with Gasteiger partial charge in [0, 0.05) is 24.8 Å². The molecule has 1 heterocycles. The number of carbonyl (C=O) groups excluding carboxylic acids is 2. The Morgan fingerprint density at radius 3 is 2.57 bits per heavy atom. The summed E-state index contributed by atoms with van der Waals surface area (Å²) in [5, 5.41) is 9.59. The number of Topliss-reactive ketones (excluding diaryl/α,β-unsaturated/α-hetero) is 1. The third-order valence-corrected chi connectivity index (χ3v) is 5.42. The van der Waals surface area contributed by atoms with Crippen molar-refractivity contribution in [2.45, 2.75) is 65.0 Å². The molecule has 1 saturated carbocycles. The number of carboxylic acid groups (broad SMARTS) is 1. The van der Waals surface area contributed by atoms with Crippen LogP contribution in [0.4, 0.5) is 0 Å². The number of hydrogen-bond donors (Lipinski definition) is 1. The zero-order chi connectivity index (χ0) is 17.1. The van der Waals surface area contributed by atoms with Gasteiger partial charge in [0.2, 0.25) is 5.91 Å². The largest absolute Gasteiger partial charge is 0.480 e. The van der Waals surface area contributed by atoms with Gasteiger partial charge in [-0.25, -0.2) is 4.79 Å². The normalized spacial score (nSPS) is 30.0. The van der Waals surface area contributed by atoms with Gasteiger partial charge >= 0.3 is 5.97 Å². The number of hydrogen-bond acceptors (Lipinski definition) is 3. The van der Waals surface area contributed by atoms with Crippen LogP contribution in [0.1, 0.15) is 52.9 Å². The molecule has 1 amide bonds. The second kappa shape index (κ2) is 7.28. The van der Waals surface area contributed by atoms with Crippen molar-refractivity contribution in [3.63, 3.8) is 0 Å². The fourth-order valence-corrected chi connectivity index (χ4v) is 4.03. The molecule has 1 N–H and O–H groups in total. The standard InChI is InChI=1S/C18H27NO4/c1-4-6-7-8-12-13-9-16(21)19(14(13)10-15(12)20)17(18(22)23)11(3)5-2/h6-7,11-14,17H,4-5,8-10H2,1-3H3,(H,22,23)/b7-6-/t11-,12-,13+,14-,17-/m0/s1. The first-order valence-electron chi connectivity index (χ1n) is 8.63. The van der Waals surface area contributed by atoms with Crippen LogP contribution in [0.25, 0.3) is 0 Å². The molecule has 2 rings (SSSR count). The van der Waals surface area contributed by atoms with Crippen molar-refractivity contribution in [2.24, 2.45) is 17.8 Å². The Balaban J connectivity index is 2.22. The van der Waals surface area contributed by atoms with Gasteiger partial charge in [0.25, 0.3) is 0 Å². The van der Waals surface area contributed by atoms with E-state index in [1.165, 1.54) is 4.90 Å². The summed E-state index contributed by atoms with van der Waals surface area (Å²) in [7, 11) is 0. The summed E-state index contributed by atoms with van der Waals surface area (Å²) >= 11 is 0. The lowest BCUT2D eigenvalue weighted by Crippen LogP contribution is -2.50. The molecule has 2 fully saturated rings. The van der Waals surface area contributed by atoms with Crippen LogP contribution in [0, 0.1) is 17.8 Å². The maximum Gasteiger partial charge on any atom is 0.326 e. The van der Waals surface area contributed by atoms with E-state index in [0.717, 1.165) is 6.42 Å². The third kappa shape index (κ3) is 3.33. The summed E-state index contributed by atoms with van der Waals surface area (Å²) < 4.78 is 0. The molecule has 5 heteroatoms. The van der Waals surface area contributed by atoms with E-state index in [1.807, 2.05) is 32.9 Å². The number of likely N-dealkylation sites (tertiary alicyclic amines) is 1. The lowest BCUT2D eigenvalue weighted by Gasteiger charge is -2.33. The minimum Gasteiger partial charge on any atom is -0.480 e. The molecule has 1 aliphatic carbocycles. The predicted molar refractivity (Wildman–Crippen MR) is 86.8 cm³/mol. The van der Waals surface area contributed by atoms with Gasteiger partial charge in [0.1, 0.15) is 11.8 Å². The van der Waals surface area contributed by atoms with Gasteiger partial charge in [-0.15, -0.1) is 0 Å². The van der Waals surface area contributed by atoms with E-state index in [2.05, 4.69) is 0 Å². The van der Waals surface area contributed by atoms with E-state index in [4.69, 9.17) is 0 Å². The fraction of sp³-hybridized carbons (Fsp3) is 0.722. The van der Waals surface area contributed by atoms with Crippen molar-refractivity contribution in [2.75, 3.05) is 0 Å². The van der Waals surface area contributed by atoms with Crippen molar-refractivity contribution in [1.82, 2.24) is 4.90 Å². The van der Waals surface area contributed by atoms with Crippen molar-refractivity contribution in [3.05, 3.63) is 12.2 Å². The van der Waals surface area contributed by atoms with E-state index in [9.17, 15) is 19.5 Å². The van der Waals surface area contributed by atoms with Crippen molar-refractivity contribution < 1.29 is 19.5 Å². The van der Waals surface area contributed by atoms with Gasteiger partial charge < -0.3 is 10.0 Å². The van der Waals surface area contributed by atoms with Crippen LogP contribution in [0.15, 0.2) is 12.2 Å². The number of fused-ring (bicyclic) bond motifs is 1. The summed E-state index contributed by atoms with van der Waals surface area (Å²) in [6.07, 6.45) is 6.94. The molecule has 0 aromatic heterocycles. The highest BCUT2D eigenvalue weighted by Gasteiger charge is 2.54. The Bertz CT molecular complexity index is 513. The van der Waals surface area contributed by atoms with Crippen LogP contribution in [0.2, 0.25) is 0 Å². The van der Waals surface area contributed by atoms with E-state index in [1.54, 1.807) is 0 Å². The van der Waals surface area contributed by atoms with Crippen molar-refractivity contribution in [3.8, 4) is 0 Å². The van der Waals surface area contributed by atoms with E-state index in [0.29, 0.717) is 25.7 Å². The molecule has 5 nitrogen and oxygen atoms in total. The van der Waals surface area contributed by atoms with E-state index in [-0.39, 0.29) is 35.5 Å². The maximum absolute atomic E-state index is 12.5. The fourth-order valence-electron chi connectivity index (χ4n) is 4.03. The number of carbonyl (C=O) groups is 3. The number of amides is 1. The smallest absolute Gasteiger partial charge is 0.326 e. The summed E-state index contributed by atoms with van der Waals surface area (Å²) in [5.41, 5.74) is 0. The number of allylic oxidation sites excluding steroid dienone is 2. The Morgan fingerprint density at radius 1 is 1.30 bits per heavy atom. The Hall–Kier alpha value is -1.65. The van der Waals surface area contributed by atoms with Crippen LogP contribution >= 0.6 is 0 Å². The molecule has 5 atom stereocenters. The number of rotatable bonds is 7. The molecule has 0 unspecified atom stereocenters. The molecule has 1 aliphatic heterocycles. The number of aliphatic carboxylic acids is 1. The summed E-state index contributed by atoms with van der Waals surface area (Å²) in [6.45, 7) is 5.83. The molecule has 0 aromatic carbocycles. The number of nitrogens with zero attached hydrogens (tertiary/aromatic N) is 1. The summed E-state index contributed by atoms with van der Waals surface area (Å²) in [5.74, 6) is -1.18. The highest BCUT2D eigenvalue weighted by molar-refractivity contribution is 5.92. The zero-order valence-electron chi connectivity index (χ0n) is 14.2. The van der Waals surface area contributed by atoms with Crippen molar-refractivity contribution in [1.29, 1.82) is 0 Å². The number of ketones is 1. The lowest BCUT2D eigenvalue weighted by atomic mass is 9.89. The lowest BCUT2D eigenvalue weighted by molar-refractivity contribution is -0.152. The number of carboxylic acids is 1. The molecule has 0 radical (unpaired) electrons. The van der Waals surface area contributed by atoms with Gasteiger partial charge in [0.05, 0.1) is 0 Å². The molecule has 0 aromatic rings. The maximum atomic E-state index is 12.5. The predicted octanol–water partition coefficient (Wildman–Crippen LogP) is 2.65. The van der Waals surface area contributed by atoms with Gasteiger partial charge in [-0.2, -0.15) is 0 Å². The van der Waals surface area contributed by atoms with E-state index < -0.39 is 12.0 Å². The van der Waals surface area contributed by atoms with Crippen LogP contribution in [0.3, 0.4) is 0 Å². The van der Waals surface area contributed by atoms with E-state index >= 15 is 0 Å². The Labute approximate surface area is 137 Å². The van der Waals surface area contributed by atoms with Gasteiger partial charge in [-0.3, -0.25) is 9.59 Å². The van der Waals surface area contributed by atoms with Crippen LogP contribution in [-0.4, -0.2) is 39.7 Å². The first-order valence-corrected chi connectivity index (χ1v) is 8.63. The van der Waals surface area contributed by atoms with Gasteiger partial charge in [0.15, 0.2) is 0 Å². The zero-order valence-corrected chi connectivity index (χ0v) is 14.2. The minimum atomic E-state index is -0.963. The molecule has 23 heavy (non-hydrogen) atoms. The van der Waals surface area contributed by atoms with Crippen LogP contribution in [-0.2, 0) is 14.4 Å². The topological polar surface area (TPSA) is 74.7 Å². The SMILES string of the molecule is CC/C=C\C[C@@H]1C(=O)C[C@H]2[C@@H]1CC(=O)N2[C@H](C(=O)O)[C@@H](C)CC. The molecular weight excluding hydrogens is 294 g/mol. The monoisotopic (exact) mass is 321 g/mol. The quantitative estimate of drug-likeness (QED) is 0.732. The van der Waals surface area contributed by atoms with Crippen LogP contribution in [0.5, 0.6) is 0 Å². The van der Waals surface area contributed by atoms with Gasteiger partial charge in [-0.1, -0.05) is 39.3 Å². The summed E-state index contributed by atoms with van der Waals surface area (Å²) in [6, 6.07) is -1.05. The molecule has 0 bridgehead atoms. The average molecular weight is 321 g/mol. The minimum absolute atomic E-state index is 0.0255. The molecular formula is C18H27NO4. The third-order valence-electron chi connectivity index (χ3n) is 5.42. The first-order chi connectivity index (χ1) is 10.9. The van der Waals surface area contributed by atoms with Crippen LogP contribution < -0.4 is 0 Å². The molecule has 2 aliphatic rings.